The molecule has 2 aromatic heterocycles. The molecule has 0 saturated carbocycles. The highest BCUT2D eigenvalue weighted by Gasteiger charge is 2.38. The molecule has 2 N–H and O–H groups in total. The van der Waals surface area contributed by atoms with Gasteiger partial charge in [-0.05, 0) is 49.6 Å². The Labute approximate surface area is 186 Å². The number of amides is 1. The van der Waals surface area contributed by atoms with E-state index < -0.39 is 12.1 Å². The predicted molar refractivity (Wildman–Crippen MR) is 113 cm³/mol. The Morgan fingerprint density at radius 2 is 1.91 bits per heavy atom. The monoisotopic (exact) mass is 462 g/mol. The molecule has 1 aliphatic heterocycles. The molecule has 1 unspecified atom stereocenters. The van der Waals surface area contributed by atoms with E-state index in [9.17, 15) is 22.8 Å². The third-order valence-corrected chi connectivity index (χ3v) is 5.02. The number of rotatable bonds is 2. The first-order chi connectivity index (χ1) is 15.5. The summed E-state index contributed by atoms with van der Waals surface area (Å²) in [4.78, 5) is 44.2. The number of hydrogen-bond donors (Lipinski definition) is 2. The highest BCUT2D eigenvalue weighted by molar-refractivity contribution is 5.98. The van der Waals surface area contributed by atoms with Gasteiger partial charge < -0.3 is 10.4 Å². The summed E-state index contributed by atoms with van der Waals surface area (Å²) in [6.45, 7) is 5.94. The fourth-order valence-electron chi connectivity index (χ4n) is 3.68. The summed E-state index contributed by atoms with van der Waals surface area (Å²) in [7, 11) is 0. The minimum Gasteiger partial charge on any atom is -0.475 e. The zero-order valence-corrected chi connectivity index (χ0v) is 18.0. The zero-order valence-electron chi connectivity index (χ0n) is 18.0. The summed E-state index contributed by atoms with van der Waals surface area (Å²) in [6, 6.07) is 6.95. The van der Waals surface area contributed by atoms with Gasteiger partial charge in [-0.1, -0.05) is 19.4 Å². The van der Waals surface area contributed by atoms with E-state index in [1.807, 2.05) is 32.9 Å². The summed E-state index contributed by atoms with van der Waals surface area (Å²) < 4.78 is 33.2. The van der Waals surface area contributed by atoms with E-state index in [1.165, 1.54) is 4.57 Å². The number of carboxylic acid groups (broad SMARTS) is 1. The molecule has 8 nitrogen and oxygen atoms in total. The summed E-state index contributed by atoms with van der Waals surface area (Å²) in [6.07, 6.45) is -1.94. The highest BCUT2D eigenvalue weighted by atomic mass is 19.4. The lowest BCUT2D eigenvalue weighted by molar-refractivity contribution is -0.192. The average Bonchev–Trinajstić information content (AvgIpc) is 2.83. The van der Waals surface area contributed by atoms with Crippen LogP contribution in [0.25, 0.3) is 16.7 Å². The molecule has 1 aliphatic rings. The number of nitrogens with zero attached hydrogens (tertiary/aromatic N) is 3. The topological polar surface area (TPSA) is 114 Å². The number of aliphatic carboxylic acids is 1. The number of carboxylic acids is 1. The van der Waals surface area contributed by atoms with Crippen LogP contribution in [0.3, 0.4) is 0 Å². The van der Waals surface area contributed by atoms with Crippen LogP contribution >= 0.6 is 0 Å². The van der Waals surface area contributed by atoms with Crippen molar-refractivity contribution in [3.63, 3.8) is 0 Å². The first-order valence-corrected chi connectivity index (χ1v) is 10.1. The van der Waals surface area contributed by atoms with E-state index in [-0.39, 0.29) is 17.5 Å². The maximum Gasteiger partial charge on any atom is 0.490 e. The van der Waals surface area contributed by atoms with E-state index in [0.717, 1.165) is 17.5 Å². The van der Waals surface area contributed by atoms with Gasteiger partial charge in [-0.15, -0.1) is 0 Å². The number of fused-ring (bicyclic) bond motifs is 4. The molecule has 1 aromatic carbocycles. The molecule has 0 saturated heterocycles. The van der Waals surface area contributed by atoms with Crippen molar-refractivity contribution < 1.29 is 27.9 Å². The molecule has 0 spiro atoms. The number of carbonyl (C=O) groups excluding carboxylic acids is 1. The lowest BCUT2D eigenvalue weighted by Gasteiger charge is -2.18. The average molecular weight is 462 g/mol. The second-order valence-corrected chi connectivity index (χ2v) is 7.58. The Balaban J connectivity index is 0.000000383. The number of aryl methyl sites for hydroxylation is 2. The molecule has 174 valence electrons. The number of nitrogens with one attached hydrogen (secondary N) is 1. The van der Waals surface area contributed by atoms with Crippen molar-refractivity contribution in [1.82, 2.24) is 19.9 Å². The van der Waals surface area contributed by atoms with Crippen LogP contribution in [0.15, 0.2) is 35.3 Å². The standard InChI is InChI=1S/C20H20N4O2.C2HF3O2/c1-4-6-14-18-22-15-10-11(2)9-12(3)16(15)20(26)24(18)17-13(19(25)23-14)7-5-8-21-17;3-2(4,5)1(6)7/h5,7-10,14H,4,6H2,1-3H3,(H,23,25);(H,6,7). The lowest BCUT2D eigenvalue weighted by atomic mass is 10.1. The van der Waals surface area contributed by atoms with Crippen molar-refractivity contribution in [3.8, 4) is 5.82 Å². The molecule has 3 heterocycles. The van der Waals surface area contributed by atoms with Gasteiger partial charge in [0.1, 0.15) is 5.82 Å². The molecule has 11 heteroatoms. The van der Waals surface area contributed by atoms with Crippen molar-refractivity contribution in [2.75, 3.05) is 0 Å². The van der Waals surface area contributed by atoms with Crippen molar-refractivity contribution in [2.24, 2.45) is 0 Å². The SMILES string of the molecule is CCCC1NC(=O)c2cccnc2-n2c1nc1cc(C)cc(C)c1c2=O.O=C(O)C(F)(F)F. The third-order valence-electron chi connectivity index (χ3n) is 5.02. The van der Waals surface area contributed by atoms with Gasteiger partial charge in [0, 0.05) is 6.20 Å². The van der Waals surface area contributed by atoms with Crippen LogP contribution in [0.2, 0.25) is 0 Å². The van der Waals surface area contributed by atoms with Gasteiger partial charge in [-0.2, -0.15) is 13.2 Å². The summed E-state index contributed by atoms with van der Waals surface area (Å²) >= 11 is 0. The van der Waals surface area contributed by atoms with E-state index in [4.69, 9.17) is 14.9 Å². The molecule has 4 rings (SSSR count). The quantitative estimate of drug-likeness (QED) is 0.601. The Hall–Kier alpha value is -3.76. The lowest BCUT2D eigenvalue weighted by Crippen LogP contribution is -2.30. The first-order valence-electron chi connectivity index (χ1n) is 10.1. The molecule has 0 bridgehead atoms. The summed E-state index contributed by atoms with van der Waals surface area (Å²) in [5.74, 6) is -2.10. The maximum atomic E-state index is 13.4. The number of alkyl halides is 3. The van der Waals surface area contributed by atoms with Gasteiger partial charge in [0.15, 0.2) is 5.82 Å². The van der Waals surface area contributed by atoms with Crippen LogP contribution in [0.1, 0.15) is 53.1 Å². The molecule has 33 heavy (non-hydrogen) atoms. The second-order valence-electron chi connectivity index (χ2n) is 7.58. The molecule has 0 fully saturated rings. The van der Waals surface area contributed by atoms with Crippen LogP contribution in [-0.2, 0) is 4.79 Å². The second kappa shape index (κ2) is 9.00. The summed E-state index contributed by atoms with van der Waals surface area (Å²) in [5.41, 5.74) is 2.80. The number of carbonyl (C=O) groups is 2. The molecule has 0 radical (unpaired) electrons. The third kappa shape index (κ3) is 4.71. The number of halogens is 3. The van der Waals surface area contributed by atoms with E-state index in [0.29, 0.717) is 34.5 Å². The van der Waals surface area contributed by atoms with Crippen LogP contribution in [0.5, 0.6) is 0 Å². The van der Waals surface area contributed by atoms with Crippen LogP contribution in [0.4, 0.5) is 13.2 Å². The van der Waals surface area contributed by atoms with Gasteiger partial charge in [-0.25, -0.2) is 19.3 Å². The van der Waals surface area contributed by atoms with Crippen LogP contribution in [-0.4, -0.2) is 37.7 Å². The smallest absolute Gasteiger partial charge is 0.475 e. The zero-order chi connectivity index (χ0) is 24.5. The van der Waals surface area contributed by atoms with E-state index in [1.54, 1.807) is 18.3 Å². The number of hydrogen-bond acceptors (Lipinski definition) is 5. The molecule has 1 amide bonds. The summed E-state index contributed by atoms with van der Waals surface area (Å²) in [5, 5.41) is 10.7. The van der Waals surface area contributed by atoms with E-state index >= 15 is 0 Å². The predicted octanol–water partition coefficient (Wildman–Crippen LogP) is 3.62. The molecule has 0 aliphatic carbocycles. The number of aromatic nitrogens is 3. The van der Waals surface area contributed by atoms with Gasteiger partial charge in [0.25, 0.3) is 11.5 Å². The molecule has 1 atom stereocenters. The van der Waals surface area contributed by atoms with Crippen molar-refractivity contribution >= 4 is 22.8 Å². The Bertz CT molecular complexity index is 1300. The maximum absolute atomic E-state index is 13.4. The Morgan fingerprint density at radius 1 is 1.24 bits per heavy atom. The van der Waals surface area contributed by atoms with Crippen LogP contribution in [0, 0.1) is 13.8 Å². The van der Waals surface area contributed by atoms with Gasteiger partial charge in [-0.3, -0.25) is 9.59 Å². The molecular formula is C22H21F3N4O4. The van der Waals surface area contributed by atoms with E-state index in [2.05, 4.69) is 10.3 Å². The van der Waals surface area contributed by atoms with Crippen molar-refractivity contribution in [1.29, 1.82) is 0 Å². The number of pyridine rings is 1. The van der Waals surface area contributed by atoms with Crippen molar-refractivity contribution in [3.05, 3.63) is 63.3 Å². The largest absolute Gasteiger partial charge is 0.490 e. The fourth-order valence-corrected chi connectivity index (χ4v) is 3.68. The first kappa shape index (κ1) is 23.9. The fraction of sp³-hybridized carbons (Fsp3) is 0.318. The Morgan fingerprint density at radius 3 is 2.52 bits per heavy atom. The molecular weight excluding hydrogens is 441 g/mol. The minimum absolute atomic E-state index is 0.181. The number of benzene rings is 1. The van der Waals surface area contributed by atoms with Gasteiger partial charge in [0.2, 0.25) is 0 Å². The Kier molecular flexibility index (Phi) is 6.52. The van der Waals surface area contributed by atoms with Crippen LogP contribution < -0.4 is 10.9 Å². The van der Waals surface area contributed by atoms with Crippen molar-refractivity contribution in [2.45, 2.75) is 45.8 Å². The minimum atomic E-state index is -5.08. The molecule has 3 aromatic rings. The highest BCUT2D eigenvalue weighted by Crippen LogP contribution is 2.27. The van der Waals surface area contributed by atoms with Gasteiger partial charge in [0.05, 0.1) is 22.5 Å². The normalized spacial score (nSPS) is 15.0. The van der Waals surface area contributed by atoms with Gasteiger partial charge >= 0.3 is 12.1 Å².